The van der Waals surface area contributed by atoms with Crippen LogP contribution in [0.25, 0.3) is 0 Å². The molecule has 0 spiro atoms. The van der Waals surface area contributed by atoms with Crippen LogP contribution in [-0.2, 0) is 6.54 Å². The highest BCUT2D eigenvalue weighted by atomic mass is 19.1. The first-order valence-electron chi connectivity index (χ1n) is 6.10. The smallest absolute Gasteiger partial charge is 0.187 e. The van der Waals surface area contributed by atoms with Crippen LogP contribution >= 0.6 is 0 Å². The number of phenols is 2. The van der Waals surface area contributed by atoms with Crippen LogP contribution in [0.4, 0.5) is 14.5 Å². The van der Waals surface area contributed by atoms with Gasteiger partial charge in [-0.15, -0.1) is 0 Å². The molecule has 0 atom stereocenters. The SMILES string of the molecule is Cc1ccc(NCc2cc(F)c(O)c(F)c2)c(C)c1O. The Balaban J connectivity index is 2.19. The van der Waals surface area contributed by atoms with Crippen molar-refractivity contribution in [1.82, 2.24) is 0 Å². The third-order valence-corrected chi connectivity index (χ3v) is 3.19. The first kappa shape index (κ1) is 14.1. The van der Waals surface area contributed by atoms with E-state index in [4.69, 9.17) is 5.11 Å². The minimum absolute atomic E-state index is 0.178. The molecule has 20 heavy (non-hydrogen) atoms. The molecule has 0 amide bonds. The summed E-state index contributed by atoms with van der Waals surface area (Å²) in [5.74, 6) is -2.77. The van der Waals surface area contributed by atoms with Crippen molar-refractivity contribution >= 4 is 5.69 Å². The van der Waals surface area contributed by atoms with Crippen molar-refractivity contribution < 1.29 is 19.0 Å². The maximum atomic E-state index is 13.2. The summed E-state index contributed by atoms with van der Waals surface area (Å²) in [6.45, 7) is 3.72. The Morgan fingerprint density at radius 1 is 1.00 bits per heavy atom. The van der Waals surface area contributed by atoms with Gasteiger partial charge in [0.1, 0.15) is 5.75 Å². The van der Waals surface area contributed by atoms with Crippen LogP contribution in [-0.4, -0.2) is 10.2 Å². The second kappa shape index (κ2) is 5.36. The van der Waals surface area contributed by atoms with Crippen molar-refractivity contribution in [2.75, 3.05) is 5.32 Å². The third-order valence-electron chi connectivity index (χ3n) is 3.19. The predicted molar refractivity (Wildman–Crippen MR) is 72.9 cm³/mol. The van der Waals surface area contributed by atoms with Gasteiger partial charge in [0, 0.05) is 17.8 Å². The van der Waals surface area contributed by atoms with E-state index in [1.165, 1.54) is 0 Å². The summed E-state index contributed by atoms with van der Waals surface area (Å²) in [6, 6.07) is 5.67. The van der Waals surface area contributed by atoms with Gasteiger partial charge in [-0.25, -0.2) is 8.78 Å². The minimum Gasteiger partial charge on any atom is -0.507 e. The van der Waals surface area contributed by atoms with Crippen molar-refractivity contribution in [1.29, 1.82) is 0 Å². The Morgan fingerprint density at radius 3 is 2.20 bits per heavy atom. The number of halogens is 2. The number of hydrogen-bond acceptors (Lipinski definition) is 3. The summed E-state index contributed by atoms with van der Waals surface area (Å²) in [7, 11) is 0. The molecule has 5 heteroatoms. The number of aryl methyl sites for hydroxylation is 1. The van der Waals surface area contributed by atoms with Gasteiger partial charge in [-0.3, -0.25) is 0 Å². The topological polar surface area (TPSA) is 52.5 Å². The Labute approximate surface area is 115 Å². The fraction of sp³-hybridized carbons (Fsp3) is 0.200. The van der Waals surface area contributed by atoms with E-state index >= 15 is 0 Å². The van der Waals surface area contributed by atoms with Gasteiger partial charge in [0.15, 0.2) is 17.4 Å². The zero-order chi connectivity index (χ0) is 14.9. The van der Waals surface area contributed by atoms with Crippen molar-refractivity contribution in [3.8, 4) is 11.5 Å². The molecule has 0 unspecified atom stereocenters. The molecule has 2 aromatic carbocycles. The highest BCUT2D eigenvalue weighted by Crippen LogP contribution is 2.28. The van der Waals surface area contributed by atoms with Gasteiger partial charge in [-0.1, -0.05) is 6.07 Å². The van der Waals surface area contributed by atoms with E-state index in [1.807, 2.05) is 0 Å². The number of anilines is 1. The van der Waals surface area contributed by atoms with Gasteiger partial charge < -0.3 is 15.5 Å². The lowest BCUT2D eigenvalue weighted by atomic mass is 10.1. The molecule has 0 saturated carbocycles. The van der Waals surface area contributed by atoms with Crippen LogP contribution in [0.15, 0.2) is 24.3 Å². The molecule has 0 radical (unpaired) electrons. The van der Waals surface area contributed by atoms with E-state index in [-0.39, 0.29) is 12.3 Å². The second-order valence-electron chi connectivity index (χ2n) is 4.67. The van der Waals surface area contributed by atoms with Gasteiger partial charge in [-0.2, -0.15) is 0 Å². The van der Waals surface area contributed by atoms with E-state index < -0.39 is 17.4 Å². The molecule has 0 fully saturated rings. The molecule has 2 aromatic rings. The van der Waals surface area contributed by atoms with Crippen LogP contribution in [0.2, 0.25) is 0 Å². The van der Waals surface area contributed by atoms with Crippen LogP contribution in [0.3, 0.4) is 0 Å². The quantitative estimate of drug-likeness (QED) is 0.804. The molecular weight excluding hydrogens is 264 g/mol. The maximum Gasteiger partial charge on any atom is 0.187 e. The second-order valence-corrected chi connectivity index (χ2v) is 4.67. The molecular formula is C15H15F2NO2. The van der Waals surface area contributed by atoms with Crippen LogP contribution in [0.1, 0.15) is 16.7 Å². The molecule has 0 aliphatic carbocycles. The first-order chi connectivity index (χ1) is 9.40. The van der Waals surface area contributed by atoms with Crippen molar-refractivity contribution in [3.05, 3.63) is 52.6 Å². The minimum atomic E-state index is -0.995. The molecule has 106 valence electrons. The van der Waals surface area contributed by atoms with Crippen molar-refractivity contribution in [3.63, 3.8) is 0 Å². The molecule has 0 bridgehead atoms. The number of aromatic hydroxyl groups is 2. The Morgan fingerprint density at radius 2 is 1.60 bits per heavy atom. The number of nitrogens with one attached hydrogen (secondary N) is 1. The van der Waals surface area contributed by atoms with E-state index in [0.717, 1.165) is 17.7 Å². The number of phenolic OH excluding ortho intramolecular Hbond substituents is 2. The summed E-state index contributed by atoms with van der Waals surface area (Å²) in [5.41, 5.74) is 2.47. The average Bonchev–Trinajstić information content (AvgIpc) is 2.41. The zero-order valence-electron chi connectivity index (χ0n) is 11.2. The molecule has 0 aliphatic rings. The number of benzene rings is 2. The molecule has 2 rings (SSSR count). The predicted octanol–water partition coefficient (Wildman–Crippen LogP) is 3.60. The summed E-state index contributed by atoms with van der Waals surface area (Å²) >= 11 is 0. The van der Waals surface area contributed by atoms with Gasteiger partial charge >= 0.3 is 0 Å². The zero-order valence-corrected chi connectivity index (χ0v) is 11.2. The summed E-state index contributed by atoms with van der Waals surface area (Å²) in [6.07, 6.45) is 0. The lowest BCUT2D eigenvalue weighted by Crippen LogP contribution is -2.02. The summed E-state index contributed by atoms with van der Waals surface area (Å²) in [5, 5.41) is 21.8. The number of rotatable bonds is 3. The van der Waals surface area contributed by atoms with Gasteiger partial charge in [0.25, 0.3) is 0 Å². The lowest BCUT2D eigenvalue weighted by Gasteiger charge is -2.12. The lowest BCUT2D eigenvalue weighted by molar-refractivity contribution is 0.395. The molecule has 0 heterocycles. The van der Waals surface area contributed by atoms with E-state index in [0.29, 0.717) is 16.8 Å². The standard InChI is InChI=1S/C15H15F2NO2/c1-8-3-4-13(9(2)14(8)19)18-7-10-5-11(16)15(20)12(17)6-10/h3-6,18-20H,7H2,1-2H3. The van der Waals surface area contributed by atoms with Crippen LogP contribution < -0.4 is 5.32 Å². The summed E-state index contributed by atoms with van der Waals surface area (Å²) < 4.78 is 26.4. The normalized spacial score (nSPS) is 10.6. The van der Waals surface area contributed by atoms with Gasteiger partial charge in [0.2, 0.25) is 0 Å². The fourth-order valence-corrected chi connectivity index (χ4v) is 1.94. The third kappa shape index (κ3) is 2.66. The Hall–Kier alpha value is -2.30. The molecule has 3 N–H and O–H groups in total. The van der Waals surface area contributed by atoms with E-state index in [9.17, 15) is 13.9 Å². The molecule has 3 nitrogen and oxygen atoms in total. The van der Waals surface area contributed by atoms with Gasteiger partial charge in [0.05, 0.1) is 0 Å². The van der Waals surface area contributed by atoms with Crippen LogP contribution in [0.5, 0.6) is 11.5 Å². The monoisotopic (exact) mass is 279 g/mol. The Bertz CT molecular complexity index is 634. The average molecular weight is 279 g/mol. The van der Waals surface area contributed by atoms with E-state index in [2.05, 4.69) is 5.32 Å². The highest BCUT2D eigenvalue weighted by Gasteiger charge is 2.10. The molecule has 0 aromatic heterocycles. The number of hydrogen-bond donors (Lipinski definition) is 3. The van der Waals surface area contributed by atoms with Gasteiger partial charge in [-0.05, 0) is 43.2 Å². The first-order valence-corrected chi connectivity index (χ1v) is 6.10. The molecule has 0 saturated heterocycles. The Kier molecular flexibility index (Phi) is 3.79. The maximum absolute atomic E-state index is 13.2. The largest absolute Gasteiger partial charge is 0.507 e. The fourth-order valence-electron chi connectivity index (χ4n) is 1.94. The summed E-state index contributed by atoms with van der Waals surface area (Å²) in [4.78, 5) is 0. The molecule has 0 aliphatic heterocycles. The van der Waals surface area contributed by atoms with Crippen molar-refractivity contribution in [2.24, 2.45) is 0 Å². The van der Waals surface area contributed by atoms with E-state index in [1.54, 1.807) is 26.0 Å². The highest BCUT2D eigenvalue weighted by molar-refractivity contribution is 5.59. The van der Waals surface area contributed by atoms with Crippen LogP contribution in [0, 0.1) is 25.5 Å². The van der Waals surface area contributed by atoms with Crippen molar-refractivity contribution in [2.45, 2.75) is 20.4 Å².